The minimum absolute atomic E-state index is 0.129. The van der Waals surface area contributed by atoms with Crippen LogP contribution in [0.15, 0.2) is 0 Å². The molecule has 2 N–H and O–H groups in total. The Balaban J connectivity index is 2.02. The molecule has 0 radical (unpaired) electrons. The largest absolute Gasteiger partial charge is 0.333 e. The van der Waals surface area contributed by atoms with Crippen molar-refractivity contribution >= 4 is 11.8 Å². The number of carbonyl (C=O) groups is 2. The Labute approximate surface area is 288 Å². The Hall–Kier alpha value is -1.06. The summed E-state index contributed by atoms with van der Waals surface area (Å²) in [5, 5.41) is 6.59. The number of rotatable bonds is 34. The number of hydrogen-bond acceptors (Lipinski definition) is 2. The van der Waals surface area contributed by atoms with E-state index in [0.717, 1.165) is 51.4 Å². The van der Waals surface area contributed by atoms with Gasteiger partial charge in [-0.2, -0.15) is 0 Å². The SMILES string of the molecule is CCCCCCCCCCCCCCCCCC(=O)NC1(NC(=O)CCCCCCCCCCCCCCCCC)CCCCC1. The van der Waals surface area contributed by atoms with Gasteiger partial charge in [-0.1, -0.05) is 200 Å². The summed E-state index contributed by atoms with van der Waals surface area (Å²) in [6.07, 6.45) is 46.4. The van der Waals surface area contributed by atoms with E-state index in [1.165, 1.54) is 173 Å². The third-order valence-electron chi connectivity index (χ3n) is 10.5. The van der Waals surface area contributed by atoms with Crippen LogP contribution in [-0.4, -0.2) is 17.5 Å². The van der Waals surface area contributed by atoms with Gasteiger partial charge in [0.05, 0.1) is 0 Å². The van der Waals surface area contributed by atoms with Gasteiger partial charge in [-0.3, -0.25) is 9.59 Å². The molecule has 0 heterocycles. The fourth-order valence-corrected chi connectivity index (χ4v) is 7.41. The van der Waals surface area contributed by atoms with E-state index in [1.807, 2.05) is 0 Å². The van der Waals surface area contributed by atoms with Crippen LogP contribution >= 0.6 is 0 Å². The summed E-state index contributed by atoms with van der Waals surface area (Å²) in [6, 6.07) is 0. The van der Waals surface area contributed by atoms with Crippen LogP contribution in [0, 0.1) is 0 Å². The Morgan fingerprint density at radius 3 is 0.870 bits per heavy atom. The predicted octanol–water partition coefficient (Wildman–Crippen LogP) is 13.4. The van der Waals surface area contributed by atoms with Gasteiger partial charge in [-0.15, -0.1) is 0 Å². The molecule has 272 valence electrons. The molecule has 1 aliphatic rings. The molecule has 46 heavy (non-hydrogen) atoms. The van der Waals surface area contributed by atoms with Crippen LogP contribution in [0.4, 0.5) is 0 Å². The lowest BCUT2D eigenvalue weighted by Crippen LogP contribution is -2.61. The Morgan fingerprint density at radius 1 is 0.370 bits per heavy atom. The quantitative estimate of drug-likeness (QED) is 0.0540. The molecule has 0 saturated heterocycles. The molecular formula is C42H82N2O2. The fourth-order valence-electron chi connectivity index (χ4n) is 7.41. The van der Waals surface area contributed by atoms with Crippen LogP contribution in [0.5, 0.6) is 0 Å². The first kappa shape index (κ1) is 43.0. The first-order valence-electron chi connectivity index (χ1n) is 21.2. The zero-order chi connectivity index (χ0) is 33.2. The van der Waals surface area contributed by atoms with Gasteiger partial charge < -0.3 is 10.6 Å². The van der Waals surface area contributed by atoms with Gasteiger partial charge in [0, 0.05) is 12.8 Å². The van der Waals surface area contributed by atoms with E-state index in [1.54, 1.807) is 0 Å². The molecule has 1 saturated carbocycles. The van der Waals surface area contributed by atoms with Crippen molar-refractivity contribution in [1.29, 1.82) is 0 Å². The van der Waals surface area contributed by atoms with Gasteiger partial charge in [0.15, 0.2) is 0 Å². The van der Waals surface area contributed by atoms with Crippen molar-refractivity contribution in [1.82, 2.24) is 10.6 Å². The normalized spacial score (nSPS) is 14.4. The topological polar surface area (TPSA) is 58.2 Å². The summed E-state index contributed by atoms with van der Waals surface area (Å²) in [7, 11) is 0. The molecule has 0 aromatic carbocycles. The second-order valence-corrected chi connectivity index (χ2v) is 15.1. The molecule has 4 heteroatoms. The average molecular weight is 647 g/mol. The van der Waals surface area contributed by atoms with E-state index in [-0.39, 0.29) is 11.8 Å². The minimum Gasteiger partial charge on any atom is -0.333 e. The smallest absolute Gasteiger partial charge is 0.221 e. The van der Waals surface area contributed by atoms with E-state index >= 15 is 0 Å². The van der Waals surface area contributed by atoms with Crippen molar-refractivity contribution in [3.63, 3.8) is 0 Å². The second kappa shape index (κ2) is 32.5. The molecule has 2 amide bonds. The van der Waals surface area contributed by atoms with Crippen LogP contribution in [0.25, 0.3) is 0 Å². The van der Waals surface area contributed by atoms with Crippen molar-refractivity contribution in [3.8, 4) is 0 Å². The number of amides is 2. The van der Waals surface area contributed by atoms with E-state index in [0.29, 0.717) is 12.8 Å². The zero-order valence-electron chi connectivity index (χ0n) is 31.5. The fraction of sp³-hybridized carbons (Fsp3) is 0.952. The van der Waals surface area contributed by atoms with Crippen LogP contribution in [0.1, 0.15) is 251 Å². The summed E-state index contributed by atoms with van der Waals surface area (Å²) < 4.78 is 0. The van der Waals surface area contributed by atoms with Crippen molar-refractivity contribution in [3.05, 3.63) is 0 Å². The molecule has 0 unspecified atom stereocenters. The van der Waals surface area contributed by atoms with Crippen molar-refractivity contribution in [2.75, 3.05) is 0 Å². The zero-order valence-corrected chi connectivity index (χ0v) is 31.5. The van der Waals surface area contributed by atoms with Crippen LogP contribution in [0.2, 0.25) is 0 Å². The van der Waals surface area contributed by atoms with Gasteiger partial charge in [0.1, 0.15) is 5.66 Å². The maximum Gasteiger partial charge on any atom is 0.221 e. The van der Waals surface area contributed by atoms with E-state index < -0.39 is 5.66 Å². The molecule has 0 aliphatic heterocycles. The highest BCUT2D eigenvalue weighted by Gasteiger charge is 2.34. The Morgan fingerprint density at radius 2 is 0.609 bits per heavy atom. The van der Waals surface area contributed by atoms with Gasteiger partial charge in [0.2, 0.25) is 11.8 Å². The van der Waals surface area contributed by atoms with Crippen molar-refractivity contribution in [2.45, 2.75) is 257 Å². The predicted molar refractivity (Wildman–Crippen MR) is 201 cm³/mol. The van der Waals surface area contributed by atoms with E-state index in [2.05, 4.69) is 24.5 Å². The second-order valence-electron chi connectivity index (χ2n) is 15.1. The van der Waals surface area contributed by atoms with Crippen LogP contribution in [-0.2, 0) is 9.59 Å². The molecule has 0 aromatic heterocycles. The lowest BCUT2D eigenvalue weighted by molar-refractivity contribution is -0.128. The van der Waals surface area contributed by atoms with Gasteiger partial charge in [-0.05, 0) is 38.5 Å². The lowest BCUT2D eigenvalue weighted by atomic mass is 9.88. The standard InChI is InChI=1S/C42H82N2O2/c1-3-5-7-9-11-13-15-17-19-21-23-25-27-29-32-36-40(45)43-42(38-34-31-35-39-42)44-41(46)37-33-30-28-26-24-22-20-18-16-14-12-10-8-6-4-2/h3-39H2,1-2H3,(H,43,45)(H,44,46). The van der Waals surface area contributed by atoms with Crippen LogP contribution in [0.3, 0.4) is 0 Å². The maximum atomic E-state index is 12.9. The van der Waals surface area contributed by atoms with Crippen molar-refractivity contribution < 1.29 is 9.59 Å². The van der Waals surface area contributed by atoms with Gasteiger partial charge >= 0.3 is 0 Å². The first-order chi connectivity index (χ1) is 22.6. The number of nitrogens with one attached hydrogen (secondary N) is 2. The first-order valence-corrected chi connectivity index (χ1v) is 21.2. The maximum absolute atomic E-state index is 12.9. The molecule has 1 rings (SSSR count). The van der Waals surface area contributed by atoms with Crippen molar-refractivity contribution in [2.24, 2.45) is 0 Å². The van der Waals surface area contributed by atoms with E-state index in [9.17, 15) is 9.59 Å². The van der Waals surface area contributed by atoms with Crippen LogP contribution < -0.4 is 10.6 Å². The number of carbonyl (C=O) groups excluding carboxylic acids is 2. The minimum atomic E-state index is -0.503. The average Bonchev–Trinajstić information content (AvgIpc) is 3.05. The molecule has 1 fully saturated rings. The van der Waals surface area contributed by atoms with E-state index in [4.69, 9.17) is 0 Å². The highest BCUT2D eigenvalue weighted by molar-refractivity contribution is 5.80. The highest BCUT2D eigenvalue weighted by Crippen LogP contribution is 2.27. The summed E-state index contributed by atoms with van der Waals surface area (Å²) in [6.45, 7) is 4.57. The third-order valence-corrected chi connectivity index (χ3v) is 10.5. The molecule has 0 bridgehead atoms. The lowest BCUT2D eigenvalue weighted by Gasteiger charge is -2.39. The summed E-state index contributed by atoms with van der Waals surface area (Å²) in [5.41, 5.74) is -0.503. The highest BCUT2D eigenvalue weighted by atomic mass is 16.2. The molecular weight excluding hydrogens is 564 g/mol. The third kappa shape index (κ3) is 26.9. The molecule has 0 spiro atoms. The summed E-state index contributed by atoms with van der Waals surface area (Å²) >= 11 is 0. The molecule has 0 aromatic rings. The molecule has 0 atom stereocenters. The van der Waals surface area contributed by atoms with Gasteiger partial charge in [0.25, 0.3) is 0 Å². The Bertz CT molecular complexity index is 623. The number of hydrogen-bond donors (Lipinski definition) is 2. The Kier molecular flexibility index (Phi) is 30.3. The summed E-state index contributed by atoms with van der Waals surface area (Å²) in [5.74, 6) is 0.257. The molecule has 4 nitrogen and oxygen atoms in total. The van der Waals surface area contributed by atoms with Gasteiger partial charge in [-0.25, -0.2) is 0 Å². The molecule has 1 aliphatic carbocycles. The number of unbranched alkanes of at least 4 members (excludes halogenated alkanes) is 28. The monoisotopic (exact) mass is 647 g/mol. The summed E-state index contributed by atoms with van der Waals surface area (Å²) in [4.78, 5) is 25.8.